The minimum absolute atomic E-state index is 0.00122. The number of hydrogen-bond acceptors (Lipinski definition) is 3. The van der Waals surface area contributed by atoms with Crippen LogP contribution >= 0.6 is 0 Å². The molecule has 1 rings (SSSR count). The monoisotopic (exact) mass is 305 g/mol. The Bertz CT molecular complexity index is 469. The van der Waals surface area contributed by atoms with E-state index in [0.717, 1.165) is 18.4 Å². The summed E-state index contributed by atoms with van der Waals surface area (Å²) < 4.78 is 0. The molecule has 0 fully saturated rings. The summed E-state index contributed by atoms with van der Waals surface area (Å²) in [4.78, 5) is 23.5. The summed E-state index contributed by atoms with van der Waals surface area (Å²) in [6, 6.07) is 7.33. The molecule has 1 atom stereocenters. The normalized spacial score (nSPS) is 11.8. The fourth-order valence-electron chi connectivity index (χ4n) is 1.90. The molecule has 0 heterocycles. The van der Waals surface area contributed by atoms with E-state index in [1.54, 1.807) is 12.1 Å². The second-order valence-electron chi connectivity index (χ2n) is 5.60. The van der Waals surface area contributed by atoms with Crippen molar-refractivity contribution in [1.29, 1.82) is 0 Å². The molecule has 0 aliphatic carbocycles. The first-order valence-corrected chi connectivity index (χ1v) is 7.92. The van der Waals surface area contributed by atoms with Gasteiger partial charge in [-0.25, -0.2) is 0 Å². The molecule has 22 heavy (non-hydrogen) atoms. The van der Waals surface area contributed by atoms with Crippen LogP contribution in [-0.2, 0) is 11.3 Å². The molecule has 0 aliphatic rings. The maximum Gasteiger partial charge on any atom is 0.251 e. The fraction of sp³-hybridized carbons (Fsp3) is 0.529. The highest BCUT2D eigenvalue weighted by atomic mass is 16.2. The molecule has 1 aromatic rings. The van der Waals surface area contributed by atoms with Crippen molar-refractivity contribution in [2.24, 2.45) is 5.73 Å². The van der Waals surface area contributed by atoms with E-state index in [1.807, 2.05) is 19.1 Å². The molecule has 122 valence electrons. The van der Waals surface area contributed by atoms with E-state index < -0.39 is 0 Å². The Labute approximate surface area is 132 Å². The van der Waals surface area contributed by atoms with E-state index in [-0.39, 0.29) is 17.9 Å². The predicted octanol–water partition coefficient (Wildman–Crippen LogP) is 1.96. The number of amides is 2. The van der Waals surface area contributed by atoms with Crippen LogP contribution in [0.4, 0.5) is 0 Å². The topological polar surface area (TPSA) is 84.2 Å². The van der Waals surface area contributed by atoms with E-state index in [2.05, 4.69) is 17.6 Å². The Morgan fingerprint density at radius 2 is 1.86 bits per heavy atom. The number of unbranched alkanes of at least 4 members (excludes halogenated alkanes) is 1. The molecule has 5 nitrogen and oxygen atoms in total. The molecule has 4 N–H and O–H groups in total. The highest BCUT2D eigenvalue weighted by molar-refractivity contribution is 5.94. The van der Waals surface area contributed by atoms with Gasteiger partial charge in [-0.05, 0) is 37.5 Å². The van der Waals surface area contributed by atoms with Crippen molar-refractivity contribution in [2.75, 3.05) is 6.54 Å². The molecule has 1 unspecified atom stereocenters. The minimum atomic E-state index is -0.0547. The van der Waals surface area contributed by atoms with Gasteiger partial charge >= 0.3 is 0 Å². The first-order chi connectivity index (χ1) is 10.5. The molecule has 0 radical (unpaired) electrons. The molecule has 0 bridgehead atoms. The van der Waals surface area contributed by atoms with Gasteiger partial charge in [-0.15, -0.1) is 0 Å². The second kappa shape index (κ2) is 9.95. The summed E-state index contributed by atoms with van der Waals surface area (Å²) in [5.41, 5.74) is 7.23. The van der Waals surface area contributed by atoms with Gasteiger partial charge in [-0.2, -0.15) is 0 Å². The van der Waals surface area contributed by atoms with Crippen LogP contribution in [0.25, 0.3) is 0 Å². The largest absolute Gasteiger partial charge is 0.352 e. The van der Waals surface area contributed by atoms with Gasteiger partial charge in [0.25, 0.3) is 5.91 Å². The molecular weight excluding hydrogens is 278 g/mol. The standard InChI is InChI=1S/C17H27N3O2/c1-3-4-11-19-17(22)15-8-6-14(7-9-15)12-20-16(21)10-5-13(2)18/h6-9,13H,3-5,10-12,18H2,1-2H3,(H,19,22)(H,20,21). The molecule has 5 heteroatoms. The number of nitrogens with two attached hydrogens (primary N) is 1. The zero-order valence-corrected chi connectivity index (χ0v) is 13.5. The Hall–Kier alpha value is -1.88. The summed E-state index contributed by atoms with van der Waals surface area (Å²) in [5, 5.41) is 5.73. The van der Waals surface area contributed by atoms with Gasteiger partial charge in [0.15, 0.2) is 0 Å². The minimum Gasteiger partial charge on any atom is -0.352 e. The average molecular weight is 305 g/mol. The summed E-state index contributed by atoms with van der Waals surface area (Å²) in [6.45, 7) is 5.14. The lowest BCUT2D eigenvalue weighted by molar-refractivity contribution is -0.121. The van der Waals surface area contributed by atoms with E-state index in [1.165, 1.54) is 0 Å². The molecule has 2 amide bonds. The van der Waals surface area contributed by atoms with Crippen LogP contribution in [0.5, 0.6) is 0 Å². The number of carbonyl (C=O) groups excluding carboxylic acids is 2. The Morgan fingerprint density at radius 1 is 1.18 bits per heavy atom. The van der Waals surface area contributed by atoms with E-state index in [0.29, 0.717) is 31.5 Å². The van der Waals surface area contributed by atoms with Gasteiger partial charge in [-0.1, -0.05) is 25.5 Å². The third kappa shape index (κ3) is 7.22. The SMILES string of the molecule is CCCCNC(=O)c1ccc(CNC(=O)CCC(C)N)cc1. The third-order valence-electron chi connectivity index (χ3n) is 3.35. The number of nitrogens with one attached hydrogen (secondary N) is 2. The number of hydrogen-bond donors (Lipinski definition) is 3. The van der Waals surface area contributed by atoms with Crippen molar-refractivity contribution in [2.45, 2.75) is 52.1 Å². The maximum atomic E-state index is 11.9. The van der Waals surface area contributed by atoms with Gasteiger partial charge in [0, 0.05) is 31.1 Å². The van der Waals surface area contributed by atoms with E-state index in [9.17, 15) is 9.59 Å². The summed E-state index contributed by atoms with van der Waals surface area (Å²) in [6.07, 6.45) is 3.16. The van der Waals surface area contributed by atoms with E-state index in [4.69, 9.17) is 5.73 Å². The average Bonchev–Trinajstić information content (AvgIpc) is 2.51. The number of carbonyl (C=O) groups is 2. The van der Waals surface area contributed by atoms with Crippen LogP contribution in [0.15, 0.2) is 24.3 Å². The van der Waals surface area contributed by atoms with Gasteiger partial charge in [-0.3, -0.25) is 9.59 Å². The van der Waals surface area contributed by atoms with Crippen LogP contribution in [0, 0.1) is 0 Å². The van der Waals surface area contributed by atoms with Crippen LogP contribution in [0.1, 0.15) is 55.5 Å². The Kier molecular flexibility index (Phi) is 8.22. The lowest BCUT2D eigenvalue weighted by atomic mass is 10.1. The van der Waals surface area contributed by atoms with Gasteiger partial charge in [0.2, 0.25) is 5.91 Å². The Morgan fingerprint density at radius 3 is 2.45 bits per heavy atom. The molecular formula is C17H27N3O2. The molecule has 0 aliphatic heterocycles. The third-order valence-corrected chi connectivity index (χ3v) is 3.35. The lowest BCUT2D eigenvalue weighted by Gasteiger charge is -2.08. The zero-order chi connectivity index (χ0) is 16.4. The summed E-state index contributed by atoms with van der Waals surface area (Å²) >= 11 is 0. The van der Waals surface area contributed by atoms with Crippen LogP contribution < -0.4 is 16.4 Å². The number of rotatable bonds is 9. The highest BCUT2D eigenvalue weighted by Crippen LogP contribution is 2.05. The van der Waals surface area contributed by atoms with E-state index >= 15 is 0 Å². The molecule has 0 saturated heterocycles. The zero-order valence-electron chi connectivity index (χ0n) is 13.5. The highest BCUT2D eigenvalue weighted by Gasteiger charge is 2.06. The van der Waals surface area contributed by atoms with Crippen molar-refractivity contribution in [1.82, 2.24) is 10.6 Å². The molecule has 0 saturated carbocycles. The maximum absolute atomic E-state index is 11.9. The quantitative estimate of drug-likeness (QED) is 0.610. The second-order valence-corrected chi connectivity index (χ2v) is 5.60. The molecule has 0 aromatic heterocycles. The smallest absolute Gasteiger partial charge is 0.251 e. The number of benzene rings is 1. The van der Waals surface area contributed by atoms with Crippen molar-refractivity contribution in [3.63, 3.8) is 0 Å². The predicted molar refractivity (Wildman–Crippen MR) is 88.4 cm³/mol. The first-order valence-electron chi connectivity index (χ1n) is 7.92. The summed E-state index contributed by atoms with van der Waals surface area (Å²) in [7, 11) is 0. The lowest BCUT2D eigenvalue weighted by Crippen LogP contribution is -2.26. The van der Waals surface area contributed by atoms with Crippen molar-refractivity contribution in [3.05, 3.63) is 35.4 Å². The van der Waals surface area contributed by atoms with Crippen LogP contribution in [0.2, 0.25) is 0 Å². The fourth-order valence-corrected chi connectivity index (χ4v) is 1.90. The first kappa shape index (κ1) is 18.2. The van der Waals surface area contributed by atoms with Crippen molar-refractivity contribution >= 4 is 11.8 Å². The van der Waals surface area contributed by atoms with Crippen LogP contribution in [-0.4, -0.2) is 24.4 Å². The molecule has 1 aromatic carbocycles. The van der Waals surface area contributed by atoms with Crippen molar-refractivity contribution in [3.8, 4) is 0 Å². The van der Waals surface area contributed by atoms with Gasteiger partial charge in [0.05, 0.1) is 0 Å². The van der Waals surface area contributed by atoms with Crippen LogP contribution in [0.3, 0.4) is 0 Å². The van der Waals surface area contributed by atoms with Gasteiger partial charge < -0.3 is 16.4 Å². The molecule has 0 spiro atoms. The van der Waals surface area contributed by atoms with Gasteiger partial charge in [0.1, 0.15) is 0 Å². The van der Waals surface area contributed by atoms with Crippen molar-refractivity contribution < 1.29 is 9.59 Å². The Balaban J connectivity index is 2.38. The summed E-state index contributed by atoms with van der Waals surface area (Å²) in [5.74, 6) is -0.0559.